The molecule has 0 amide bonds. The number of thioether (sulfide) groups is 1. The van der Waals surface area contributed by atoms with Crippen molar-refractivity contribution in [1.29, 1.82) is 0 Å². The minimum atomic E-state index is 0.649. The highest BCUT2D eigenvalue weighted by atomic mass is 32.2. The lowest BCUT2D eigenvalue weighted by molar-refractivity contribution is 0.664. The van der Waals surface area contributed by atoms with Crippen molar-refractivity contribution in [2.75, 3.05) is 0 Å². The minimum Gasteiger partial charge on any atom is -0.227 e. The lowest BCUT2D eigenvalue weighted by atomic mass is 10.1. The van der Waals surface area contributed by atoms with Crippen LogP contribution in [0.5, 0.6) is 0 Å². The van der Waals surface area contributed by atoms with Gasteiger partial charge in [-0.15, -0.1) is 5.10 Å². The van der Waals surface area contributed by atoms with Gasteiger partial charge in [-0.3, -0.25) is 0 Å². The van der Waals surface area contributed by atoms with E-state index in [0.29, 0.717) is 6.54 Å². The Morgan fingerprint density at radius 3 is 2.60 bits per heavy atom. The third kappa shape index (κ3) is 3.39. The maximum atomic E-state index is 4.41. The molecule has 124 valence electrons. The van der Waals surface area contributed by atoms with E-state index in [0.717, 1.165) is 21.9 Å². The van der Waals surface area contributed by atoms with Gasteiger partial charge in [0.15, 0.2) is 11.2 Å². The zero-order valence-corrected chi connectivity index (χ0v) is 14.6. The van der Waals surface area contributed by atoms with Gasteiger partial charge in [0.25, 0.3) is 0 Å². The van der Waals surface area contributed by atoms with Crippen LogP contribution < -0.4 is 0 Å². The molecule has 0 unspecified atom stereocenters. The van der Waals surface area contributed by atoms with E-state index in [1.807, 2.05) is 22.9 Å². The van der Waals surface area contributed by atoms with Crippen LogP contribution in [0.3, 0.4) is 0 Å². The summed E-state index contributed by atoms with van der Waals surface area (Å²) < 4.78 is 1.82. The van der Waals surface area contributed by atoms with Gasteiger partial charge in [-0.25, -0.2) is 14.6 Å². The van der Waals surface area contributed by atoms with Crippen molar-refractivity contribution in [1.82, 2.24) is 25.0 Å². The molecule has 4 rings (SSSR count). The Hall–Kier alpha value is -2.73. The molecule has 0 saturated carbocycles. The van der Waals surface area contributed by atoms with Crippen molar-refractivity contribution in [3.05, 3.63) is 77.6 Å². The molecule has 0 aliphatic rings. The van der Waals surface area contributed by atoms with Gasteiger partial charge in [-0.05, 0) is 23.6 Å². The molecule has 0 aliphatic heterocycles. The maximum Gasteiger partial charge on any atom is 0.183 e. The number of hydrogen-bond donors (Lipinski definition) is 0. The number of fused-ring (bicyclic) bond motifs is 1. The summed E-state index contributed by atoms with van der Waals surface area (Å²) in [5.41, 5.74) is 5.29. The zero-order chi connectivity index (χ0) is 17.1. The van der Waals surface area contributed by atoms with Crippen molar-refractivity contribution < 1.29 is 0 Å². The van der Waals surface area contributed by atoms with Crippen LogP contribution in [0.2, 0.25) is 0 Å². The van der Waals surface area contributed by atoms with Gasteiger partial charge in [0, 0.05) is 5.75 Å². The first-order valence-electron chi connectivity index (χ1n) is 8.06. The first-order valence-corrected chi connectivity index (χ1v) is 9.05. The van der Waals surface area contributed by atoms with Crippen LogP contribution in [0.15, 0.2) is 66.0 Å². The van der Waals surface area contributed by atoms with E-state index >= 15 is 0 Å². The van der Waals surface area contributed by atoms with Crippen LogP contribution in [-0.2, 0) is 12.3 Å². The van der Waals surface area contributed by atoms with Crippen molar-refractivity contribution in [3.8, 4) is 0 Å². The largest absolute Gasteiger partial charge is 0.227 e. The molecule has 2 aromatic carbocycles. The average Bonchev–Trinajstić information content (AvgIpc) is 3.05. The van der Waals surface area contributed by atoms with Crippen LogP contribution >= 0.6 is 11.8 Å². The van der Waals surface area contributed by atoms with Crippen LogP contribution in [-0.4, -0.2) is 25.0 Å². The fourth-order valence-electron chi connectivity index (χ4n) is 2.66. The smallest absolute Gasteiger partial charge is 0.183 e. The molecule has 25 heavy (non-hydrogen) atoms. The Bertz CT molecular complexity index is 997. The molecule has 4 aromatic rings. The molecule has 0 radical (unpaired) electrons. The van der Waals surface area contributed by atoms with E-state index in [1.54, 1.807) is 18.1 Å². The molecular formula is C19H17N5S. The van der Waals surface area contributed by atoms with Crippen molar-refractivity contribution in [2.24, 2.45) is 0 Å². The van der Waals surface area contributed by atoms with Crippen molar-refractivity contribution in [2.45, 2.75) is 24.2 Å². The molecule has 0 bridgehead atoms. The number of benzene rings is 2. The summed E-state index contributed by atoms with van der Waals surface area (Å²) in [6.07, 6.45) is 1.59. The van der Waals surface area contributed by atoms with E-state index in [1.165, 1.54) is 16.7 Å². The van der Waals surface area contributed by atoms with Crippen LogP contribution in [0.4, 0.5) is 0 Å². The second kappa shape index (κ2) is 7.03. The first kappa shape index (κ1) is 15.8. The third-order valence-electron chi connectivity index (χ3n) is 4.07. The van der Waals surface area contributed by atoms with Crippen LogP contribution in [0.25, 0.3) is 11.2 Å². The second-order valence-corrected chi connectivity index (χ2v) is 6.76. The molecule has 6 heteroatoms. The Morgan fingerprint density at radius 2 is 1.76 bits per heavy atom. The summed E-state index contributed by atoms with van der Waals surface area (Å²) in [7, 11) is 0. The van der Waals surface area contributed by atoms with E-state index in [2.05, 4.69) is 63.6 Å². The predicted octanol–water partition coefficient (Wildman–Crippen LogP) is 3.87. The average molecular weight is 347 g/mol. The lowest BCUT2D eigenvalue weighted by Gasteiger charge is -2.05. The highest BCUT2D eigenvalue weighted by Crippen LogP contribution is 2.27. The quantitative estimate of drug-likeness (QED) is 0.405. The molecular weight excluding hydrogens is 330 g/mol. The molecule has 5 nitrogen and oxygen atoms in total. The van der Waals surface area contributed by atoms with Gasteiger partial charge in [0.1, 0.15) is 11.4 Å². The Balaban J connectivity index is 1.60. The van der Waals surface area contributed by atoms with E-state index < -0.39 is 0 Å². The number of hydrogen-bond acceptors (Lipinski definition) is 5. The number of rotatable bonds is 5. The summed E-state index contributed by atoms with van der Waals surface area (Å²) in [4.78, 5) is 8.79. The highest BCUT2D eigenvalue weighted by molar-refractivity contribution is 7.98. The van der Waals surface area contributed by atoms with E-state index in [9.17, 15) is 0 Å². The zero-order valence-electron chi connectivity index (χ0n) is 13.8. The van der Waals surface area contributed by atoms with Gasteiger partial charge in [-0.2, -0.15) is 0 Å². The Morgan fingerprint density at radius 1 is 0.960 bits per heavy atom. The number of nitrogens with zero attached hydrogens (tertiary/aromatic N) is 5. The Kier molecular flexibility index (Phi) is 4.43. The van der Waals surface area contributed by atoms with Gasteiger partial charge in [0.2, 0.25) is 0 Å². The second-order valence-electron chi connectivity index (χ2n) is 5.80. The van der Waals surface area contributed by atoms with Gasteiger partial charge in [-0.1, -0.05) is 71.6 Å². The fraction of sp³-hybridized carbons (Fsp3) is 0.158. The van der Waals surface area contributed by atoms with Gasteiger partial charge in [0.05, 0.1) is 6.54 Å². The fourth-order valence-corrected chi connectivity index (χ4v) is 3.66. The molecule has 0 saturated heterocycles. The highest BCUT2D eigenvalue weighted by Gasteiger charge is 2.13. The number of aryl methyl sites for hydroxylation is 1. The molecule has 2 heterocycles. The SMILES string of the molecule is Cc1ccccc1CSc1ncnc2c1nnn2Cc1ccccc1. The van der Waals surface area contributed by atoms with Crippen molar-refractivity contribution in [3.63, 3.8) is 0 Å². The molecule has 0 spiro atoms. The summed E-state index contributed by atoms with van der Waals surface area (Å²) in [5.74, 6) is 0.852. The molecule has 0 atom stereocenters. The van der Waals surface area contributed by atoms with Gasteiger partial charge < -0.3 is 0 Å². The van der Waals surface area contributed by atoms with E-state index in [4.69, 9.17) is 0 Å². The molecule has 0 aliphatic carbocycles. The molecule has 0 fully saturated rings. The van der Waals surface area contributed by atoms with Gasteiger partial charge >= 0.3 is 0 Å². The number of aromatic nitrogens is 5. The summed E-state index contributed by atoms with van der Waals surface area (Å²) in [6.45, 7) is 2.78. The topological polar surface area (TPSA) is 56.5 Å². The molecule has 2 aromatic heterocycles. The van der Waals surface area contributed by atoms with Crippen molar-refractivity contribution >= 4 is 22.9 Å². The first-order chi connectivity index (χ1) is 12.3. The monoisotopic (exact) mass is 347 g/mol. The standard InChI is InChI=1S/C19H17N5S/c1-14-7-5-6-10-16(14)12-25-19-17-18(20-13-21-19)24(23-22-17)11-15-8-3-2-4-9-15/h2-10,13H,11-12H2,1H3. The predicted molar refractivity (Wildman–Crippen MR) is 99.4 cm³/mol. The third-order valence-corrected chi connectivity index (χ3v) is 5.09. The summed E-state index contributed by atoms with van der Waals surface area (Å²) in [6, 6.07) is 18.6. The Labute approximate surface area is 150 Å². The van der Waals surface area contributed by atoms with Crippen LogP contribution in [0, 0.1) is 6.92 Å². The minimum absolute atomic E-state index is 0.649. The summed E-state index contributed by atoms with van der Waals surface area (Å²) in [5, 5.41) is 9.46. The molecule has 0 N–H and O–H groups in total. The summed E-state index contributed by atoms with van der Waals surface area (Å²) >= 11 is 1.67. The van der Waals surface area contributed by atoms with Crippen LogP contribution in [0.1, 0.15) is 16.7 Å². The lowest BCUT2D eigenvalue weighted by Crippen LogP contribution is -2.02. The van der Waals surface area contributed by atoms with E-state index in [-0.39, 0.29) is 0 Å². The maximum absolute atomic E-state index is 4.41. The normalized spacial score (nSPS) is 11.1.